The topological polar surface area (TPSA) is 80.4 Å². The predicted molar refractivity (Wildman–Crippen MR) is 71.1 cm³/mol. The van der Waals surface area contributed by atoms with Crippen molar-refractivity contribution < 1.29 is 13.0 Å². The first-order valence-electron chi connectivity index (χ1n) is 5.01. The van der Waals surface area contributed by atoms with Crippen molar-refractivity contribution in [2.24, 2.45) is 0 Å². The molecule has 94 valence electrons. The summed E-state index contributed by atoms with van der Waals surface area (Å²) in [5.41, 5.74) is 6.89. The highest BCUT2D eigenvalue weighted by molar-refractivity contribution is 7.86. The van der Waals surface area contributed by atoms with Crippen molar-refractivity contribution >= 4 is 27.4 Å². The van der Waals surface area contributed by atoms with Gasteiger partial charge in [-0.2, -0.15) is 8.42 Å². The van der Waals surface area contributed by atoms with Crippen molar-refractivity contribution in [2.45, 2.75) is 4.90 Å². The molecule has 4 nitrogen and oxygen atoms in total. The zero-order valence-corrected chi connectivity index (χ0v) is 10.7. The Kier molecular flexibility index (Phi) is 3.30. The van der Waals surface area contributed by atoms with Crippen LogP contribution in [-0.4, -0.2) is 13.0 Å². The molecule has 2 aromatic carbocycles. The first-order chi connectivity index (χ1) is 8.39. The van der Waals surface area contributed by atoms with E-state index in [1.54, 1.807) is 24.3 Å². The van der Waals surface area contributed by atoms with Crippen LogP contribution in [0.1, 0.15) is 0 Å². The molecule has 3 N–H and O–H groups in total. The Balaban J connectivity index is 2.72. The van der Waals surface area contributed by atoms with Gasteiger partial charge in [-0.25, -0.2) is 0 Å². The van der Waals surface area contributed by atoms with Crippen LogP contribution in [0.4, 0.5) is 5.69 Å². The Bertz CT molecular complexity index is 698. The molecule has 0 amide bonds. The molecule has 2 aromatic rings. The molecule has 0 heterocycles. The van der Waals surface area contributed by atoms with Gasteiger partial charge in [0.15, 0.2) is 0 Å². The van der Waals surface area contributed by atoms with Crippen LogP contribution in [0.3, 0.4) is 0 Å². The first kappa shape index (κ1) is 12.9. The standard InChI is InChI=1S/C12H10ClNO3S/c13-11-7-8(14)5-6-9(11)10-3-1-2-4-12(10)18(15,16)17/h1-7H,14H2,(H,15,16,17). The van der Waals surface area contributed by atoms with Gasteiger partial charge in [0.25, 0.3) is 10.1 Å². The summed E-state index contributed by atoms with van der Waals surface area (Å²) in [5, 5.41) is 0.325. The van der Waals surface area contributed by atoms with Gasteiger partial charge in [0.05, 0.1) is 5.02 Å². The molecule has 0 saturated heterocycles. The Morgan fingerprint density at radius 1 is 1.06 bits per heavy atom. The van der Waals surface area contributed by atoms with Crippen molar-refractivity contribution in [1.82, 2.24) is 0 Å². The van der Waals surface area contributed by atoms with Crippen LogP contribution in [0.2, 0.25) is 5.02 Å². The van der Waals surface area contributed by atoms with E-state index in [4.69, 9.17) is 17.3 Å². The van der Waals surface area contributed by atoms with E-state index in [2.05, 4.69) is 0 Å². The van der Waals surface area contributed by atoms with Gasteiger partial charge in [-0.05, 0) is 18.2 Å². The van der Waals surface area contributed by atoms with Crippen molar-refractivity contribution in [2.75, 3.05) is 5.73 Å². The van der Waals surface area contributed by atoms with E-state index in [0.717, 1.165) is 0 Å². The molecule has 0 aliphatic heterocycles. The van der Waals surface area contributed by atoms with Gasteiger partial charge in [0.1, 0.15) is 4.90 Å². The molecule has 2 rings (SSSR count). The summed E-state index contributed by atoms with van der Waals surface area (Å²) in [6.07, 6.45) is 0. The third-order valence-electron chi connectivity index (χ3n) is 2.45. The van der Waals surface area contributed by atoms with Crippen LogP contribution in [0.15, 0.2) is 47.4 Å². The highest BCUT2D eigenvalue weighted by Crippen LogP contribution is 2.33. The van der Waals surface area contributed by atoms with Crippen molar-refractivity contribution in [3.05, 3.63) is 47.5 Å². The summed E-state index contributed by atoms with van der Waals surface area (Å²) in [6.45, 7) is 0. The van der Waals surface area contributed by atoms with Gasteiger partial charge in [-0.1, -0.05) is 35.9 Å². The number of benzene rings is 2. The second kappa shape index (κ2) is 4.61. The monoisotopic (exact) mass is 283 g/mol. The number of halogens is 1. The fourth-order valence-corrected chi connectivity index (χ4v) is 2.66. The second-order valence-corrected chi connectivity index (χ2v) is 5.51. The van der Waals surface area contributed by atoms with Crippen LogP contribution < -0.4 is 5.73 Å². The lowest BCUT2D eigenvalue weighted by molar-refractivity contribution is 0.483. The van der Waals surface area contributed by atoms with Gasteiger partial charge in [-0.3, -0.25) is 4.55 Å². The lowest BCUT2D eigenvalue weighted by Crippen LogP contribution is -2.00. The van der Waals surface area contributed by atoms with Crippen LogP contribution in [0.5, 0.6) is 0 Å². The van der Waals surface area contributed by atoms with E-state index in [1.165, 1.54) is 18.2 Å². The van der Waals surface area contributed by atoms with E-state index in [1.807, 2.05) is 0 Å². The molecule has 0 atom stereocenters. The Labute approximate surface area is 110 Å². The maximum atomic E-state index is 11.3. The molecule has 0 radical (unpaired) electrons. The Morgan fingerprint density at radius 2 is 1.72 bits per heavy atom. The number of hydrogen-bond acceptors (Lipinski definition) is 3. The average Bonchev–Trinajstić information content (AvgIpc) is 2.28. The highest BCUT2D eigenvalue weighted by Gasteiger charge is 2.17. The molecule has 0 bridgehead atoms. The third kappa shape index (κ3) is 2.48. The Hall–Kier alpha value is -1.56. The number of hydrogen-bond donors (Lipinski definition) is 2. The van der Waals surface area contributed by atoms with Crippen LogP contribution in [0, 0.1) is 0 Å². The summed E-state index contributed by atoms with van der Waals surface area (Å²) in [6, 6.07) is 10.8. The van der Waals surface area contributed by atoms with Crippen LogP contribution >= 0.6 is 11.6 Å². The molecular weight excluding hydrogens is 274 g/mol. The fourth-order valence-electron chi connectivity index (χ4n) is 1.66. The molecule has 0 fully saturated rings. The highest BCUT2D eigenvalue weighted by atomic mass is 35.5. The number of anilines is 1. The lowest BCUT2D eigenvalue weighted by atomic mass is 10.1. The molecular formula is C12H10ClNO3S. The number of rotatable bonds is 2. The largest absolute Gasteiger partial charge is 0.399 e. The lowest BCUT2D eigenvalue weighted by Gasteiger charge is -2.09. The van der Waals surface area contributed by atoms with Gasteiger partial charge in [-0.15, -0.1) is 0 Å². The van der Waals surface area contributed by atoms with Crippen LogP contribution in [-0.2, 0) is 10.1 Å². The predicted octanol–water partition coefficient (Wildman–Crippen LogP) is 2.84. The average molecular weight is 284 g/mol. The first-order valence-corrected chi connectivity index (χ1v) is 6.83. The zero-order chi connectivity index (χ0) is 13.3. The maximum absolute atomic E-state index is 11.3. The normalized spacial score (nSPS) is 11.4. The van der Waals surface area contributed by atoms with Crippen LogP contribution in [0.25, 0.3) is 11.1 Å². The van der Waals surface area contributed by atoms with Gasteiger partial charge in [0, 0.05) is 16.8 Å². The fraction of sp³-hybridized carbons (Fsp3) is 0. The molecule has 0 aliphatic carbocycles. The number of nitrogens with two attached hydrogens (primary N) is 1. The Morgan fingerprint density at radius 3 is 2.33 bits per heavy atom. The quantitative estimate of drug-likeness (QED) is 0.656. The van der Waals surface area contributed by atoms with E-state index < -0.39 is 10.1 Å². The minimum absolute atomic E-state index is 0.184. The molecule has 0 spiro atoms. The summed E-state index contributed by atoms with van der Waals surface area (Å²) >= 11 is 6.03. The second-order valence-electron chi connectivity index (χ2n) is 3.71. The van der Waals surface area contributed by atoms with E-state index >= 15 is 0 Å². The zero-order valence-electron chi connectivity index (χ0n) is 9.17. The van der Waals surface area contributed by atoms with E-state index in [-0.39, 0.29) is 4.90 Å². The van der Waals surface area contributed by atoms with Gasteiger partial charge >= 0.3 is 0 Å². The molecule has 0 unspecified atom stereocenters. The molecule has 18 heavy (non-hydrogen) atoms. The third-order valence-corrected chi connectivity index (χ3v) is 3.67. The van der Waals surface area contributed by atoms with Gasteiger partial charge < -0.3 is 5.73 Å². The summed E-state index contributed by atoms with van der Waals surface area (Å²) in [4.78, 5) is -0.184. The molecule has 0 saturated carbocycles. The molecule has 6 heteroatoms. The minimum atomic E-state index is -4.30. The minimum Gasteiger partial charge on any atom is -0.399 e. The van der Waals surface area contributed by atoms with E-state index in [0.29, 0.717) is 21.8 Å². The SMILES string of the molecule is Nc1ccc(-c2ccccc2S(=O)(=O)O)c(Cl)c1. The maximum Gasteiger partial charge on any atom is 0.295 e. The number of nitrogen functional groups attached to an aromatic ring is 1. The smallest absolute Gasteiger partial charge is 0.295 e. The molecule has 0 aliphatic rings. The van der Waals surface area contributed by atoms with Crippen molar-refractivity contribution in [1.29, 1.82) is 0 Å². The van der Waals surface area contributed by atoms with Gasteiger partial charge in [0.2, 0.25) is 0 Å². The van der Waals surface area contributed by atoms with E-state index in [9.17, 15) is 13.0 Å². The molecule has 0 aromatic heterocycles. The van der Waals surface area contributed by atoms with Crippen molar-refractivity contribution in [3.8, 4) is 11.1 Å². The summed E-state index contributed by atoms with van der Waals surface area (Å²) in [5.74, 6) is 0. The van der Waals surface area contributed by atoms with Crippen molar-refractivity contribution in [3.63, 3.8) is 0 Å². The summed E-state index contributed by atoms with van der Waals surface area (Å²) in [7, 11) is -4.30. The summed E-state index contributed by atoms with van der Waals surface area (Å²) < 4.78 is 31.8.